The first-order chi connectivity index (χ1) is 19.6. The first kappa shape index (κ1) is 34.3. The highest BCUT2D eigenvalue weighted by Crippen LogP contribution is 2.44. The molecule has 224 valence electrons. The summed E-state index contributed by atoms with van der Waals surface area (Å²) in [6.45, 7) is 4.02. The third-order valence-electron chi connectivity index (χ3n) is 5.39. The summed E-state index contributed by atoms with van der Waals surface area (Å²) in [6, 6.07) is 4.97. The van der Waals surface area contributed by atoms with E-state index < -0.39 is 52.2 Å². The molecule has 0 saturated heterocycles. The van der Waals surface area contributed by atoms with Gasteiger partial charge in [-0.15, -0.1) is 0 Å². The van der Waals surface area contributed by atoms with Crippen LogP contribution in [-0.2, 0) is 30.7 Å². The highest BCUT2D eigenvalue weighted by Gasteiger charge is 2.39. The number of nitrogens with one attached hydrogen (secondary N) is 2. The van der Waals surface area contributed by atoms with Crippen LogP contribution in [0.2, 0.25) is 15.1 Å². The fourth-order valence-corrected chi connectivity index (χ4v) is 4.51. The summed E-state index contributed by atoms with van der Waals surface area (Å²) in [7, 11) is 0. The lowest BCUT2D eigenvalue weighted by Crippen LogP contribution is -2.48. The Balaban J connectivity index is 2.52. The molecule has 0 spiro atoms. The number of carbonyl (C=O) groups excluding carboxylic acids is 4. The molecule has 0 fully saturated rings. The van der Waals surface area contributed by atoms with Crippen molar-refractivity contribution >= 4 is 64.5 Å². The Morgan fingerprint density at radius 1 is 0.929 bits per heavy atom. The molecule has 11 nitrogen and oxygen atoms in total. The van der Waals surface area contributed by atoms with Crippen LogP contribution in [0, 0.1) is 11.3 Å². The van der Waals surface area contributed by atoms with Gasteiger partial charge >= 0.3 is 18.4 Å². The lowest BCUT2D eigenvalue weighted by atomic mass is 9.77. The molecule has 0 bridgehead atoms. The van der Waals surface area contributed by atoms with Gasteiger partial charge in [-0.3, -0.25) is 20.2 Å². The summed E-state index contributed by atoms with van der Waals surface area (Å²) >= 11 is 18.5. The number of ether oxygens (including phenoxy) is 2. The SMILES string of the molecule is CCOC(=O)NC(=O)C(N=Nc1cc(Cl)c(C(C)(C#N)c2ccc(Cl)c(C(F)(F)F)c2)c(Cl)c1)C(=O)NC(=O)OCC. The molecule has 2 aromatic rings. The van der Waals surface area contributed by atoms with Crippen LogP contribution in [0.15, 0.2) is 40.6 Å². The van der Waals surface area contributed by atoms with Gasteiger partial charge in [-0.25, -0.2) is 9.59 Å². The van der Waals surface area contributed by atoms with Crippen LogP contribution in [-0.4, -0.2) is 43.3 Å². The number of carbonyl (C=O) groups is 4. The fourth-order valence-electron chi connectivity index (χ4n) is 3.43. The number of amides is 4. The molecule has 2 N–H and O–H groups in total. The Morgan fingerprint density at radius 2 is 1.43 bits per heavy atom. The van der Waals surface area contributed by atoms with Gasteiger partial charge in [-0.05, 0) is 50.6 Å². The number of rotatable bonds is 8. The van der Waals surface area contributed by atoms with E-state index in [1.165, 1.54) is 26.8 Å². The predicted octanol–water partition coefficient (Wildman–Crippen LogP) is 6.49. The maximum Gasteiger partial charge on any atom is 0.417 e. The summed E-state index contributed by atoms with van der Waals surface area (Å²) in [6.07, 6.45) is -7.21. The number of alkyl halides is 3. The Bertz CT molecular complexity index is 1410. The Kier molecular flexibility index (Phi) is 11.7. The van der Waals surface area contributed by atoms with Crippen molar-refractivity contribution in [3.05, 3.63) is 62.1 Å². The van der Waals surface area contributed by atoms with Crippen molar-refractivity contribution in [3.8, 4) is 6.07 Å². The van der Waals surface area contributed by atoms with Crippen LogP contribution in [0.1, 0.15) is 37.5 Å². The molecule has 0 radical (unpaired) electrons. The molecule has 0 aliphatic carbocycles. The summed E-state index contributed by atoms with van der Waals surface area (Å²) in [5.41, 5.74) is -3.35. The number of hydrogen-bond donors (Lipinski definition) is 2. The molecular formula is C25H21Cl3F3N5O6. The van der Waals surface area contributed by atoms with Crippen LogP contribution in [0.3, 0.4) is 0 Å². The monoisotopic (exact) mass is 649 g/mol. The van der Waals surface area contributed by atoms with E-state index in [4.69, 9.17) is 34.8 Å². The van der Waals surface area contributed by atoms with Crippen LogP contribution in [0.25, 0.3) is 0 Å². The van der Waals surface area contributed by atoms with Gasteiger partial charge in [0.2, 0.25) is 6.04 Å². The summed E-state index contributed by atoms with van der Waals surface area (Å²) < 4.78 is 49.6. The lowest BCUT2D eigenvalue weighted by Gasteiger charge is -2.26. The maximum absolute atomic E-state index is 13.5. The second-order valence-corrected chi connectivity index (χ2v) is 9.47. The molecule has 2 rings (SSSR count). The van der Waals surface area contributed by atoms with E-state index in [-0.39, 0.29) is 40.1 Å². The molecule has 42 heavy (non-hydrogen) atoms. The van der Waals surface area contributed by atoms with Crippen molar-refractivity contribution in [1.82, 2.24) is 10.6 Å². The smallest absolute Gasteiger partial charge is 0.417 e. The average Bonchev–Trinajstić information content (AvgIpc) is 2.87. The fraction of sp³-hybridized carbons (Fsp3) is 0.320. The summed E-state index contributed by atoms with van der Waals surface area (Å²) in [4.78, 5) is 48.3. The normalized spacial score (nSPS) is 12.8. The molecule has 4 amide bonds. The summed E-state index contributed by atoms with van der Waals surface area (Å²) in [5, 5.41) is 19.8. The third-order valence-corrected chi connectivity index (χ3v) is 6.31. The predicted molar refractivity (Wildman–Crippen MR) is 144 cm³/mol. The van der Waals surface area contributed by atoms with E-state index in [1.807, 2.05) is 6.07 Å². The van der Waals surface area contributed by atoms with Gasteiger partial charge in [0, 0.05) is 15.6 Å². The zero-order valence-corrected chi connectivity index (χ0v) is 24.2. The van der Waals surface area contributed by atoms with Crippen molar-refractivity contribution in [2.45, 2.75) is 38.4 Å². The third kappa shape index (κ3) is 8.31. The topological polar surface area (TPSA) is 159 Å². The Morgan fingerprint density at radius 3 is 1.86 bits per heavy atom. The second-order valence-electron chi connectivity index (χ2n) is 8.25. The van der Waals surface area contributed by atoms with Gasteiger partial charge in [0.05, 0.1) is 35.6 Å². The average molecular weight is 651 g/mol. The van der Waals surface area contributed by atoms with Crippen molar-refractivity contribution in [2.24, 2.45) is 10.2 Å². The first-order valence-electron chi connectivity index (χ1n) is 11.7. The number of halogens is 6. The van der Waals surface area contributed by atoms with Crippen molar-refractivity contribution in [1.29, 1.82) is 5.26 Å². The quantitative estimate of drug-likeness (QED) is 0.244. The van der Waals surface area contributed by atoms with E-state index in [0.29, 0.717) is 6.07 Å². The number of hydrogen-bond acceptors (Lipinski definition) is 9. The molecule has 0 aromatic heterocycles. The molecule has 0 heterocycles. The van der Waals surface area contributed by atoms with E-state index in [1.54, 1.807) is 10.6 Å². The van der Waals surface area contributed by atoms with Crippen molar-refractivity contribution in [3.63, 3.8) is 0 Å². The van der Waals surface area contributed by atoms with Gasteiger partial charge in [0.15, 0.2) is 0 Å². The molecule has 0 aliphatic heterocycles. The van der Waals surface area contributed by atoms with Crippen LogP contribution < -0.4 is 10.6 Å². The molecule has 0 aliphatic rings. The van der Waals surface area contributed by atoms with E-state index in [9.17, 15) is 37.6 Å². The molecule has 1 atom stereocenters. The highest BCUT2D eigenvalue weighted by molar-refractivity contribution is 6.36. The number of nitrogens with zero attached hydrogens (tertiary/aromatic N) is 3. The van der Waals surface area contributed by atoms with Crippen LogP contribution in [0.4, 0.5) is 28.4 Å². The van der Waals surface area contributed by atoms with Crippen LogP contribution >= 0.6 is 34.8 Å². The number of benzene rings is 2. The second kappa shape index (κ2) is 14.3. The molecule has 2 aromatic carbocycles. The van der Waals surface area contributed by atoms with E-state index in [2.05, 4.69) is 19.7 Å². The zero-order chi connectivity index (χ0) is 31.8. The minimum atomic E-state index is -4.81. The number of azo groups is 1. The van der Waals surface area contributed by atoms with Crippen LogP contribution in [0.5, 0.6) is 0 Å². The largest absolute Gasteiger partial charge is 0.450 e. The zero-order valence-electron chi connectivity index (χ0n) is 21.9. The van der Waals surface area contributed by atoms with E-state index in [0.717, 1.165) is 18.2 Å². The maximum atomic E-state index is 13.5. The Labute approximate surface area is 251 Å². The first-order valence-corrected chi connectivity index (χ1v) is 12.9. The summed E-state index contributed by atoms with van der Waals surface area (Å²) in [5.74, 6) is -2.62. The molecular weight excluding hydrogens is 630 g/mol. The van der Waals surface area contributed by atoms with Crippen molar-refractivity contribution in [2.75, 3.05) is 13.2 Å². The Hall–Kier alpha value is -3.93. The van der Waals surface area contributed by atoms with Gasteiger partial charge in [-0.2, -0.15) is 28.7 Å². The lowest BCUT2D eigenvalue weighted by molar-refractivity contribution is -0.137. The minimum Gasteiger partial charge on any atom is -0.450 e. The van der Waals surface area contributed by atoms with Gasteiger partial charge in [0.1, 0.15) is 5.41 Å². The minimum absolute atomic E-state index is 0.0839. The van der Waals surface area contributed by atoms with Crippen molar-refractivity contribution < 1.29 is 41.8 Å². The van der Waals surface area contributed by atoms with E-state index >= 15 is 0 Å². The highest BCUT2D eigenvalue weighted by atomic mass is 35.5. The van der Waals surface area contributed by atoms with Gasteiger partial charge < -0.3 is 9.47 Å². The van der Waals surface area contributed by atoms with Gasteiger partial charge in [-0.1, -0.05) is 40.9 Å². The molecule has 1 unspecified atom stereocenters. The standard InChI is InChI=1S/C25H21Cl3F3N5O6/c1-4-41-22(39)33-20(37)19(21(38)34-23(40)42-5-2)36-35-13-9-16(27)18(17(28)10-13)24(3,11-32)12-6-7-15(26)14(8-12)25(29,30)31/h6-10,19H,4-5H2,1-3H3,(H,33,37,39)(H,34,38,40). The number of nitriles is 1. The van der Waals surface area contributed by atoms with Gasteiger partial charge in [0.25, 0.3) is 11.8 Å². The molecule has 17 heteroatoms. The number of imide groups is 2. The number of alkyl carbamates (subject to hydrolysis) is 2. The molecule has 0 saturated carbocycles.